The zero-order valence-electron chi connectivity index (χ0n) is 13.4. The maximum atomic E-state index is 10.7. The molecule has 0 bridgehead atoms. The van der Waals surface area contributed by atoms with Crippen LogP contribution in [0.5, 0.6) is 0 Å². The summed E-state index contributed by atoms with van der Waals surface area (Å²) in [6.07, 6.45) is 8.21. The Bertz CT molecular complexity index is 483. The lowest BCUT2D eigenvalue weighted by Crippen LogP contribution is -2.46. The molecule has 0 aliphatic heterocycles. The van der Waals surface area contributed by atoms with Gasteiger partial charge in [-0.3, -0.25) is 19.7 Å². The molecule has 1 atom stereocenters. The van der Waals surface area contributed by atoms with Crippen LogP contribution < -0.4 is 0 Å². The van der Waals surface area contributed by atoms with Crippen LogP contribution in [0.3, 0.4) is 0 Å². The lowest BCUT2D eigenvalue weighted by atomic mass is 9.93. The molecular formula is C15H26N4O3. The van der Waals surface area contributed by atoms with Crippen LogP contribution in [0, 0.1) is 10.1 Å². The van der Waals surface area contributed by atoms with Gasteiger partial charge in [-0.1, -0.05) is 19.3 Å². The third kappa shape index (κ3) is 4.51. The first-order chi connectivity index (χ1) is 10.5. The summed E-state index contributed by atoms with van der Waals surface area (Å²) in [7, 11) is 0. The summed E-state index contributed by atoms with van der Waals surface area (Å²) in [6, 6.07) is 0.917. The van der Waals surface area contributed by atoms with Crippen LogP contribution in [0.4, 0.5) is 5.69 Å². The van der Waals surface area contributed by atoms with Crippen LogP contribution >= 0.6 is 0 Å². The summed E-state index contributed by atoms with van der Waals surface area (Å²) >= 11 is 0. The van der Waals surface area contributed by atoms with Crippen LogP contribution in [0.1, 0.15) is 46.0 Å². The van der Waals surface area contributed by atoms with E-state index in [-0.39, 0.29) is 12.2 Å². The van der Waals surface area contributed by atoms with E-state index in [0.29, 0.717) is 18.6 Å². The third-order valence-corrected chi connectivity index (χ3v) is 4.36. The van der Waals surface area contributed by atoms with E-state index < -0.39 is 11.0 Å². The molecule has 0 amide bonds. The minimum absolute atomic E-state index is 0.0415. The second kappa shape index (κ2) is 7.69. The normalized spacial score (nSPS) is 18.0. The zero-order valence-corrected chi connectivity index (χ0v) is 13.4. The Morgan fingerprint density at radius 1 is 1.45 bits per heavy atom. The highest BCUT2D eigenvalue weighted by molar-refractivity contribution is 5.20. The van der Waals surface area contributed by atoms with Gasteiger partial charge in [-0.25, -0.2) is 0 Å². The number of rotatable bonds is 7. The summed E-state index contributed by atoms with van der Waals surface area (Å²) in [6.45, 7) is 5.17. The molecule has 124 valence electrons. The zero-order chi connectivity index (χ0) is 16.1. The standard InChI is InChI=1S/C15H26N4O3/c1-12(2)18(13-6-4-3-5-7-13)11-15(20)10-17-9-14(8-16-17)19(21)22/h8-9,12-13,15,20H,3-7,10-11H2,1-2H3. The van der Waals surface area contributed by atoms with Crippen molar-refractivity contribution in [2.45, 2.75) is 70.7 Å². The topological polar surface area (TPSA) is 84.4 Å². The van der Waals surface area contributed by atoms with Crippen molar-refractivity contribution in [2.24, 2.45) is 0 Å². The van der Waals surface area contributed by atoms with E-state index in [1.165, 1.54) is 49.2 Å². The van der Waals surface area contributed by atoms with Crippen LogP contribution in [0.15, 0.2) is 12.4 Å². The van der Waals surface area contributed by atoms with Crippen LogP contribution in [0.25, 0.3) is 0 Å². The Kier molecular flexibility index (Phi) is 5.90. The van der Waals surface area contributed by atoms with Crippen molar-refractivity contribution in [3.63, 3.8) is 0 Å². The summed E-state index contributed by atoms with van der Waals surface area (Å²) in [5.41, 5.74) is -0.0415. The fourth-order valence-corrected chi connectivity index (χ4v) is 3.26. The predicted molar refractivity (Wildman–Crippen MR) is 83.6 cm³/mol. The quantitative estimate of drug-likeness (QED) is 0.616. The highest BCUT2D eigenvalue weighted by Crippen LogP contribution is 2.24. The number of aliphatic hydroxyl groups excluding tert-OH is 1. The lowest BCUT2D eigenvalue weighted by molar-refractivity contribution is -0.385. The largest absolute Gasteiger partial charge is 0.390 e. The Morgan fingerprint density at radius 3 is 2.68 bits per heavy atom. The Hall–Kier alpha value is -1.47. The van der Waals surface area contributed by atoms with Crippen molar-refractivity contribution in [3.05, 3.63) is 22.5 Å². The minimum atomic E-state index is -0.580. The highest BCUT2D eigenvalue weighted by Gasteiger charge is 2.25. The molecule has 2 rings (SSSR count). The molecule has 1 saturated carbocycles. The monoisotopic (exact) mass is 310 g/mol. The van der Waals surface area contributed by atoms with Gasteiger partial charge in [-0.15, -0.1) is 0 Å². The van der Waals surface area contributed by atoms with Crippen LogP contribution in [-0.2, 0) is 6.54 Å². The lowest BCUT2D eigenvalue weighted by Gasteiger charge is -2.38. The molecule has 1 fully saturated rings. The number of nitrogens with zero attached hydrogens (tertiary/aromatic N) is 4. The Morgan fingerprint density at radius 2 is 2.14 bits per heavy atom. The van der Waals surface area contributed by atoms with Crippen molar-refractivity contribution in [3.8, 4) is 0 Å². The van der Waals surface area contributed by atoms with Crippen LogP contribution in [0.2, 0.25) is 0 Å². The number of nitro groups is 1. The number of hydrogen-bond acceptors (Lipinski definition) is 5. The molecule has 0 aromatic carbocycles. The average molecular weight is 310 g/mol. The van der Waals surface area contributed by atoms with Gasteiger partial charge in [0.05, 0.1) is 17.6 Å². The van der Waals surface area contributed by atoms with Crippen molar-refractivity contribution in [1.82, 2.24) is 14.7 Å². The van der Waals surface area contributed by atoms with Crippen molar-refractivity contribution in [2.75, 3.05) is 6.54 Å². The molecule has 1 N–H and O–H groups in total. The van der Waals surface area contributed by atoms with E-state index in [4.69, 9.17) is 0 Å². The average Bonchev–Trinajstić information content (AvgIpc) is 2.94. The van der Waals surface area contributed by atoms with E-state index in [0.717, 1.165) is 0 Å². The van der Waals surface area contributed by atoms with E-state index in [1.807, 2.05) is 0 Å². The fraction of sp³-hybridized carbons (Fsp3) is 0.800. The maximum absolute atomic E-state index is 10.7. The first kappa shape index (κ1) is 16.9. The van der Waals surface area contributed by atoms with Gasteiger partial charge in [0.15, 0.2) is 0 Å². The Balaban J connectivity index is 1.92. The molecule has 1 aliphatic rings. The van der Waals surface area contributed by atoms with E-state index in [2.05, 4.69) is 23.8 Å². The van der Waals surface area contributed by atoms with E-state index in [9.17, 15) is 15.2 Å². The molecule has 0 spiro atoms. The molecule has 0 saturated heterocycles. The molecule has 7 heteroatoms. The summed E-state index contributed by atoms with van der Waals surface area (Å²) in [5.74, 6) is 0. The second-order valence-electron chi connectivity index (χ2n) is 6.41. The van der Waals surface area contributed by atoms with E-state index >= 15 is 0 Å². The fourth-order valence-electron chi connectivity index (χ4n) is 3.26. The first-order valence-corrected chi connectivity index (χ1v) is 8.08. The van der Waals surface area contributed by atoms with Gasteiger partial charge >= 0.3 is 5.69 Å². The summed E-state index contributed by atoms with van der Waals surface area (Å²) < 4.78 is 1.45. The predicted octanol–water partition coefficient (Wildman–Crippen LogP) is 2.20. The molecule has 1 heterocycles. The van der Waals surface area contributed by atoms with Crippen LogP contribution in [-0.4, -0.2) is 49.4 Å². The molecule has 1 aromatic heterocycles. The highest BCUT2D eigenvalue weighted by atomic mass is 16.6. The number of aromatic nitrogens is 2. The maximum Gasteiger partial charge on any atom is 0.306 e. The smallest absolute Gasteiger partial charge is 0.306 e. The molecular weight excluding hydrogens is 284 g/mol. The summed E-state index contributed by atoms with van der Waals surface area (Å²) in [4.78, 5) is 12.5. The third-order valence-electron chi connectivity index (χ3n) is 4.36. The van der Waals surface area contributed by atoms with Gasteiger partial charge in [0.1, 0.15) is 12.4 Å². The van der Waals surface area contributed by atoms with Crippen molar-refractivity contribution < 1.29 is 10.0 Å². The van der Waals surface area contributed by atoms with Crippen molar-refractivity contribution >= 4 is 5.69 Å². The van der Waals surface area contributed by atoms with Gasteiger partial charge in [-0.2, -0.15) is 5.10 Å². The minimum Gasteiger partial charge on any atom is -0.390 e. The van der Waals surface area contributed by atoms with Gasteiger partial charge in [-0.05, 0) is 26.7 Å². The number of aliphatic hydroxyl groups is 1. The van der Waals surface area contributed by atoms with Gasteiger partial charge in [0.2, 0.25) is 0 Å². The molecule has 22 heavy (non-hydrogen) atoms. The SMILES string of the molecule is CC(C)N(CC(O)Cn1cc([N+](=O)[O-])cn1)C1CCCCC1. The molecule has 1 unspecified atom stereocenters. The Labute approximate surface area is 131 Å². The van der Waals surface area contributed by atoms with Gasteiger partial charge in [0, 0.05) is 18.6 Å². The number of hydrogen-bond donors (Lipinski definition) is 1. The molecule has 0 radical (unpaired) electrons. The van der Waals surface area contributed by atoms with Gasteiger partial charge < -0.3 is 5.11 Å². The first-order valence-electron chi connectivity index (χ1n) is 8.08. The molecule has 1 aromatic rings. The van der Waals surface area contributed by atoms with E-state index in [1.54, 1.807) is 0 Å². The summed E-state index contributed by atoms with van der Waals surface area (Å²) in [5, 5.41) is 24.9. The van der Waals surface area contributed by atoms with Gasteiger partial charge in [0.25, 0.3) is 0 Å². The molecule has 1 aliphatic carbocycles. The molecule has 7 nitrogen and oxygen atoms in total. The second-order valence-corrected chi connectivity index (χ2v) is 6.41. The van der Waals surface area contributed by atoms with Crippen molar-refractivity contribution in [1.29, 1.82) is 0 Å².